The summed E-state index contributed by atoms with van der Waals surface area (Å²) in [4.78, 5) is 14.4. The normalized spacial score (nSPS) is 20.3. The van der Waals surface area contributed by atoms with Crippen LogP contribution in [0.4, 0.5) is 0 Å². The van der Waals surface area contributed by atoms with Gasteiger partial charge in [0.2, 0.25) is 0 Å². The third-order valence-corrected chi connectivity index (χ3v) is 4.18. The van der Waals surface area contributed by atoms with Crippen LogP contribution in [-0.4, -0.2) is 10.8 Å². The molecule has 107 valence electrons. The first-order valence-corrected chi connectivity index (χ1v) is 7.25. The standard InChI is InChI=1S/C19H20NO/c1-13-7-8-16-14(2)20(18(21)17(16)12-13)15-6-5-10-19(3,4)11-9-15/h5-9,12H,1-2,10-11H2,3-4H3. The summed E-state index contributed by atoms with van der Waals surface area (Å²) >= 11 is 0. The van der Waals surface area contributed by atoms with Crippen molar-refractivity contribution < 1.29 is 4.79 Å². The van der Waals surface area contributed by atoms with Crippen molar-refractivity contribution in [1.82, 2.24) is 4.90 Å². The van der Waals surface area contributed by atoms with Gasteiger partial charge < -0.3 is 0 Å². The van der Waals surface area contributed by atoms with Gasteiger partial charge in [0.1, 0.15) is 0 Å². The van der Waals surface area contributed by atoms with Crippen molar-refractivity contribution in [2.45, 2.75) is 26.7 Å². The molecule has 1 aliphatic heterocycles. The Morgan fingerprint density at radius 2 is 1.95 bits per heavy atom. The number of allylic oxidation sites excluding steroid dienone is 3. The summed E-state index contributed by atoms with van der Waals surface area (Å²) < 4.78 is 0. The first-order chi connectivity index (χ1) is 9.89. The van der Waals surface area contributed by atoms with Gasteiger partial charge in [-0.25, -0.2) is 0 Å². The molecule has 0 bridgehead atoms. The number of carbonyl (C=O) groups excluding carboxylic acids is 1. The lowest BCUT2D eigenvalue weighted by Gasteiger charge is -2.21. The third-order valence-electron chi connectivity index (χ3n) is 4.18. The minimum Gasteiger partial charge on any atom is -0.277 e. The zero-order valence-corrected chi connectivity index (χ0v) is 12.6. The van der Waals surface area contributed by atoms with E-state index in [1.165, 1.54) is 0 Å². The topological polar surface area (TPSA) is 20.3 Å². The summed E-state index contributed by atoms with van der Waals surface area (Å²) in [6.07, 6.45) is 8.29. The lowest BCUT2D eigenvalue weighted by atomic mass is 9.86. The van der Waals surface area contributed by atoms with Crippen molar-refractivity contribution in [3.05, 3.63) is 72.3 Å². The number of amides is 1. The molecular formula is C19H20NO. The van der Waals surface area contributed by atoms with Gasteiger partial charge in [0.25, 0.3) is 5.91 Å². The molecule has 0 saturated heterocycles. The Bertz CT molecular complexity index is 692. The average Bonchev–Trinajstić information content (AvgIpc) is 2.56. The average molecular weight is 278 g/mol. The van der Waals surface area contributed by atoms with Crippen molar-refractivity contribution in [2.75, 3.05) is 0 Å². The Hall–Kier alpha value is -2.09. The highest BCUT2D eigenvalue weighted by molar-refractivity contribution is 6.10. The van der Waals surface area contributed by atoms with Crippen LogP contribution in [0.1, 0.15) is 48.2 Å². The quantitative estimate of drug-likeness (QED) is 0.737. The van der Waals surface area contributed by atoms with Crippen LogP contribution in [0.3, 0.4) is 0 Å². The molecule has 21 heavy (non-hydrogen) atoms. The van der Waals surface area contributed by atoms with Crippen LogP contribution in [0.2, 0.25) is 0 Å². The second kappa shape index (κ2) is 4.73. The summed E-state index contributed by atoms with van der Waals surface area (Å²) in [5.41, 5.74) is 4.37. The molecule has 2 heteroatoms. The van der Waals surface area contributed by atoms with Crippen LogP contribution in [0, 0.1) is 12.3 Å². The van der Waals surface area contributed by atoms with E-state index < -0.39 is 0 Å². The molecule has 2 aliphatic rings. The van der Waals surface area contributed by atoms with Gasteiger partial charge in [-0.05, 0) is 42.9 Å². The zero-order chi connectivity index (χ0) is 15.2. The van der Waals surface area contributed by atoms with Crippen LogP contribution in [0.25, 0.3) is 5.70 Å². The van der Waals surface area contributed by atoms with Crippen molar-refractivity contribution in [2.24, 2.45) is 5.41 Å². The second-order valence-electron chi connectivity index (χ2n) is 6.57. The molecule has 0 saturated carbocycles. The molecule has 0 N–H and O–H groups in total. The maximum absolute atomic E-state index is 12.7. The molecule has 0 aromatic heterocycles. The number of benzene rings is 1. The fourth-order valence-corrected chi connectivity index (χ4v) is 2.85. The molecular weight excluding hydrogens is 258 g/mol. The molecule has 0 atom stereocenters. The number of carbonyl (C=O) groups is 1. The second-order valence-corrected chi connectivity index (χ2v) is 6.57. The largest absolute Gasteiger partial charge is 0.277 e. The smallest absolute Gasteiger partial charge is 0.263 e. The molecule has 3 rings (SSSR count). The summed E-state index contributed by atoms with van der Waals surface area (Å²) in [5.74, 6) is -0.00361. The molecule has 1 heterocycles. The summed E-state index contributed by atoms with van der Waals surface area (Å²) in [6, 6.07) is 5.69. The molecule has 1 aromatic rings. The Labute approximate surface area is 126 Å². The number of fused-ring (bicyclic) bond motifs is 1. The molecule has 0 spiro atoms. The predicted octanol–water partition coefficient (Wildman–Crippen LogP) is 4.56. The highest BCUT2D eigenvalue weighted by Crippen LogP contribution is 2.38. The van der Waals surface area contributed by atoms with Crippen molar-refractivity contribution in [1.29, 1.82) is 0 Å². The van der Waals surface area contributed by atoms with Crippen LogP contribution in [0.5, 0.6) is 0 Å². The highest BCUT2D eigenvalue weighted by atomic mass is 16.2. The molecule has 1 aliphatic carbocycles. The minimum absolute atomic E-state index is 0.00361. The van der Waals surface area contributed by atoms with Gasteiger partial charge in [0.15, 0.2) is 0 Å². The van der Waals surface area contributed by atoms with Crippen LogP contribution >= 0.6 is 0 Å². The van der Waals surface area contributed by atoms with Crippen LogP contribution < -0.4 is 0 Å². The molecule has 1 aromatic carbocycles. The van der Waals surface area contributed by atoms with E-state index in [0.717, 1.165) is 35.4 Å². The van der Waals surface area contributed by atoms with Gasteiger partial charge in [-0.3, -0.25) is 9.69 Å². The van der Waals surface area contributed by atoms with Crippen LogP contribution in [0.15, 0.2) is 48.7 Å². The first kappa shape index (κ1) is 13.9. The Balaban J connectivity index is 2.00. The van der Waals surface area contributed by atoms with Gasteiger partial charge in [-0.15, -0.1) is 0 Å². The van der Waals surface area contributed by atoms with Crippen molar-refractivity contribution in [3.8, 4) is 0 Å². The summed E-state index contributed by atoms with van der Waals surface area (Å²) in [6.45, 7) is 12.5. The van der Waals surface area contributed by atoms with Crippen molar-refractivity contribution >= 4 is 11.6 Å². The first-order valence-electron chi connectivity index (χ1n) is 7.25. The number of nitrogens with zero attached hydrogens (tertiary/aromatic N) is 1. The predicted molar refractivity (Wildman–Crippen MR) is 86.3 cm³/mol. The van der Waals surface area contributed by atoms with E-state index in [1.54, 1.807) is 4.90 Å². The van der Waals surface area contributed by atoms with Gasteiger partial charge in [-0.2, -0.15) is 0 Å². The number of rotatable bonds is 1. The van der Waals surface area contributed by atoms with Gasteiger partial charge in [-0.1, -0.05) is 44.7 Å². The van der Waals surface area contributed by atoms with E-state index in [1.807, 2.05) is 24.3 Å². The fourth-order valence-electron chi connectivity index (χ4n) is 2.85. The van der Waals surface area contributed by atoms with E-state index in [-0.39, 0.29) is 11.3 Å². The van der Waals surface area contributed by atoms with Gasteiger partial charge in [0.05, 0.1) is 5.70 Å². The molecule has 0 fully saturated rings. The van der Waals surface area contributed by atoms with Gasteiger partial charge in [0, 0.05) is 16.8 Å². The van der Waals surface area contributed by atoms with E-state index in [9.17, 15) is 4.79 Å². The van der Waals surface area contributed by atoms with Gasteiger partial charge >= 0.3 is 0 Å². The molecule has 0 unspecified atom stereocenters. The van der Waals surface area contributed by atoms with Crippen molar-refractivity contribution in [3.63, 3.8) is 0 Å². The summed E-state index contributed by atoms with van der Waals surface area (Å²) in [7, 11) is 0. The molecule has 1 amide bonds. The maximum Gasteiger partial charge on any atom is 0.263 e. The minimum atomic E-state index is -0.00361. The van der Waals surface area contributed by atoms with E-state index in [0.29, 0.717) is 5.56 Å². The SMILES string of the molecule is [CH2]c1ccc2c(c1)C(=O)N(C1=CCC(C)(C)CC=C1)C2=C. The van der Waals surface area contributed by atoms with Crippen LogP contribution in [-0.2, 0) is 0 Å². The fraction of sp³-hybridized carbons (Fsp3) is 0.263. The molecule has 2 nitrogen and oxygen atoms in total. The zero-order valence-electron chi connectivity index (χ0n) is 12.6. The highest BCUT2D eigenvalue weighted by Gasteiger charge is 2.33. The maximum atomic E-state index is 12.7. The van der Waals surface area contributed by atoms with E-state index in [4.69, 9.17) is 0 Å². The monoisotopic (exact) mass is 278 g/mol. The third kappa shape index (κ3) is 2.35. The Morgan fingerprint density at radius 1 is 1.19 bits per heavy atom. The van der Waals surface area contributed by atoms with E-state index >= 15 is 0 Å². The number of hydrogen-bond acceptors (Lipinski definition) is 1. The Kier molecular flexibility index (Phi) is 3.12. The molecule has 1 radical (unpaired) electrons. The Morgan fingerprint density at radius 3 is 2.71 bits per heavy atom. The van der Waals surface area contributed by atoms with E-state index in [2.05, 4.69) is 39.5 Å². The number of hydrogen-bond donors (Lipinski definition) is 0. The summed E-state index contributed by atoms with van der Waals surface area (Å²) in [5, 5.41) is 0. The lowest BCUT2D eigenvalue weighted by Crippen LogP contribution is -2.21. The lowest BCUT2D eigenvalue weighted by molar-refractivity contribution is 0.0884.